The number of nitrogens with zero attached hydrogens (tertiary/aromatic N) is 3. The molecule has 1 saturated carbocycles. The van der Waals surface area contributed by atoms with Crippen molar-refractivity contribution in [1.82, 2.24) is 25.4 Å². The first-order valence-electron chi connectivity index (χ1n) is 8.28. The summed E-state index contributed by atoms with van der Waals surface area (Å²) in [6.45, 7) is 1.68. The summed E-state index contributed by atoms with van der Waals surface area (Å²) < 4.78 is 1.98. The van der Waals surface area contributed by atoms with E-state index in [-0.39, 0.29) is 5.91 Å². The van der Waals surface area contributed by atoms with Crippen LogP contribution in [0.15, 0.2) is 30.6 Å². The SMILES string of the molecule is O=C(NC1CC1)c1ccc(CN[C@@H]2CCc3ncnn3C2)cc1. The largest absolute Gasteiger partial charge is 0.349 e. The van der Waals surface area contributed by atoms with Gasteiger partial charge in [0.05, 0.1) is 6.54 Å². The van der Waals surface area contributed by atoms with Gasteiger partial charge in [-0.1, -0.05) is 12.1 Å². The predicted octanol–water partition coefficient (Wildman–Crippen LogP) is 1.27. The maximum atomic E-state index is 12.0. The number of aryl methyl sites for hydroxylation is 1. The van der Waals surface area contributed by atoms with E-state index in [1.165, 1.54) is 5.56 Å². The van der Waals surface area contributed by atoms with Gasteiger partial charge in [-0.2, -0.15) is 5.10 Å². The molecule has 0 saturated heterocycles. The Kier molecular flexibility index (Phi) is 3.83. The number of nitrogens with one attached hydrogen (secondary N) is 2. The van der Waals surface area contributed by atoms with Crippen LogP contribution < -0.4 is 10.6 Å². The molecule has 1 aromatic carbocycles. The Hall–Kier alpha value is -2.21. The lowest BCUT2D eigenvalue weighted by Gasteiger charge is -2.23. The molecule has 120 valence electrons. The summed E-state index contributed by atoms with van der Waals surface area (Å²) in [4.78, 5) is 16.2. The number of benzene rings is 1. The second kappa shape index (κ2) is 6.12. The van der Waals surface area contributed by atoms with Gasteiger partial charge in [0.2, 0.25) is 0 Å². The molecule has 2 heterocycles. The first kappa shape index (κ1) is 14.4. The fourth-order valence-electron chi connectivity index (χ4n) is 2.94. The first-order chi connectivity index (χ1) is 11.3. The molecule has 0 unspecified atom stereocenters. The lowest BCUT2D eigenvalue weighted by molar-refractivity contribution is 0.0951. The average molecular weight is 311 g/mol. The number of amides is 1. The molecule has 0 radical (unpaired) electrons. The van der Waals surface area contributed by atoms with E-state index in [9.17, 15) is 4.79 Å². The number of carbonyl (C=O) groups is 1. The second-order valence-corrected chi connectivity index (χ2v) is 6.42. The van der Waals surface area contributed by atoms with E-state index in [4.69, 9.17) is 0 Å². The minimum atomic E-state index is 0.0398. The van der Waals surface area contributed by atoms with Crippen molar-refractivity contribution in [2.45, 2.75) is 50.9 Å². The van der Waals surface area contributed by atoms with Crippen molar-refractivity contribution in [3.63, 3.8) is 0 Å². The summed E-state index contributed by atoms with van der Waals surface area (Å²) in [6, 6.07) is 8.69. The molecule has 0 bridgehead atoms. The molecule has 1 aliphatic carbocycles. The van der Waals surface area contributed by atoms with Crippen LogP contribution in [0.4, 0.5) is 0 Å². The number of hydrogen-bond donors (Lipinski definition) is 2. The molecule has 1 aliphatic heterocycles. The van der Waals surface area contributed by atoms with Crippen LogP contribution in [0.5, 0.6) is 0 Å². The van der Waals surface area contributed by atoms with Crippen molar-refractivity contribution < 1.29 is 4.79 Å². The molecule has 1 atom stereocenters. The summed E-state index contributed by atoms with van der Waals surface area (Å²) in [6.07, 6.45) is 5.91. The standard InChI is InChI=1S/C17H21N5O/c23-17(21-14-5-6-14)13-3-1-12(2-4-13)9-18-15-7-8-16-19-11-20-22(16)10-15/h1-4,11,14-15,18H,5-10H2,(H,21,23)/t15-/m1/s1. The van der Waals surface area contributed by atoms with Gasteiger partial charge >= 0.3 is 0 Å². The van der Waals surface area contributed by atoms with E-state index >= 15 is 0 Å². The Bertz CT molecular complexity index is 689. The molecule has 1 aromatic heterocycles. The average Bonchev–Trinajstić information content (AvgIpc) is 3.27. The highest BCUT2D eigenvalue weighted by atomic mass is 16.1. The van der Waals surface area contributed by atoms with Gasteiger partial charge in [0.25, 0.3) is 5.91 Å². The molecule has 2 N–H and O–H groups in total. The van der Waals surface area contributed by atoms with Gasteiger partial charge in [-0.15, -0.1) is 0 Å². The molecular formula is C17H21N5O. The number of rotatable bonds is 5. The van der Waals surface area contributed by atoms with E-state index in [2.05, 4.69) is 20.7 Å². The summed E-state index contributed by atoms with van der Waals surface area (Å²) in [5, 5.41) is 10.8. The van der Waals surface area contributed by atoms with Gasteiger partial charge < -0.3 is 10.6 Å². The third-order valence-electron chi connectivity index (χ3n) is 4.53. The molecule has 6 heteroatoms. The van der Waals surface area contributed by atoms with Gasteiger partial charge in [-0.3, -0.25) is 4.79 Å². The molecule has 0 spiro atoms. The summed E-state index contributed by atoms with van der Waals surface area (Å²) >= 11 is 0. The van der Waals surface area contributed by atoms with Crippen LogP contribution in [0.2, 0.25) is 0 Å². The summed E-state index contributed by atoms with van der Waals surface area (Å²) in [7, 11) is 0. The molecule has 2 aromatic rings. The predicted molar refractivity (Wildman–Crippen MR) is 85.9 cm³/mol. The van der Waals surface area contributed by atoms with Crippen LogP contribution in [0, 0.1) is 0 Å². The fourth-order valence-corrected chi connectivity index (χ4v) is 2.94. The Morgan fingerprint density at radius 2 is 2.00 bits per heavy atom. The van der Waals surface area contributed by atoms with E-state index < -0.39 is 0 Å². The van der Waals surface area contributed by atoms with Gasteiger partial charge in [-0.25, -0.2) is 9.67 Å². The molecule has 6 nitrogen and oxygen atoms in total. The smallest absolute Gasteiger partial charge is 0.251 e. The maximum absolute atomic E-state index is 12.0. The zero-order valence-corrected chi connectivity index (χ0v) is 13.0. The van der Waals surface area contributed by atoms with Crippen LogP contribution in [0.25, 0.3) is 0 Å². The van der Waals surface area contributed by atoms with E-state index in [0.717, 1.165) is 50.2 Å². The maximum Gasteiger partial charge on any atom is 0.251 e. The van der Waals surface area contributed by atoms with Crippen molar-refractivity contribution >= 4 is 5.91 Å². The molecule has 1 fully saturated rings. The van der Waals surface area contributed by atoms with Crippen molar-refractivity contribution in [3.05, 3.63) is 47.5 Å². The van der Waals surface area contributed by atoms with Crippen molar-refractivity contribution in [2.75, 3.05) is 0 Å². The topological polar surface area (TPSA) is 71.8 Å². The van der Waals surface area contributed by atoms with Gasteiger partial charge in [-0.05, 0) is 37.0 Å². The third-order valence-corrected chi connectivity index (χ3v) is 4.53. The number of hydrogen-bond acceptors (Lipinski definition) is 4. The number of carbonyl (C=O) groups excluding carboxylic acids is 1. The highest BCUT2D eigenvalue weighted by molar-refractivity contribution is 5.94. The van der Waals surface area contributed by atoms with Gasteiger partial charge in [0.1, 0.15) is 12.2 Å². The van der Waals surface area contributed by atoms with Crippen LogP contribution in [-0.4, -0.2) is 32.8 Å². The fraction of sp³-hybridized carbons (Fsp3) is 0.471. The quantitative estimate of drug-likeness (QED) is 0.872. The zero-order chi connectivity index (χ0) is 15.6. The summed E-state index contributed by atoms with van der Waals surface area (Å²) in [5.41, 5.74) is 1.93. The highest BCUT2D eigenvalue weighted by Crippen LogP contribution is 2.19. The second-order valence-electron chi connectivity index (χ2n) is 6.42. The minimum absolute atomic E-state index is 0.0398. The Morgan fingerprint density at radius 1 is 1.17 bits per heavy atom. The lowest BCUT2D eigenvalue weighted by atomic mass is 10.1. The van der Waals surface area contributed by atoms with Crippen molar-refractivity contribution in [1.29, 1.82) is 0 Å². The Morgan fingerprint density at radius 3 is 2.78 bits per heavy atom. The van der Waals surface area contributed by atoms with Crippen LogP contribution in [0.3, 0.4) is 0 Å². The van der Waals surface area contributed by atoms with E-state index in [1.807, 2.05) is 28.9 Å². The van der Waals surface area contributed by atoms with Gasteiger partial charge in [0.15, 0.2) is 0 Å². The first-order valence-corrected chi connectivity index (χ1v) is 8.28. The van der Waals surface area contributed by atoms with Crippen LogP contribution in [0.1, 0.15) is 41.0 Å². The van der Waals surface area contributed by atoms with Crippen molar-refractivity contribution in [3.8, 4) is 0 Å². The minimum Gasteiger partial charge on any atom is -0.349 e. The normalized spacial score (nSPS) is 20.1. The van der Waals surface area contributed by atoms with E-state index in [1.54, 1.807) is 6.33 Å². The third kappa shape index (κ3) is 3.42. The molecular weight excluding hydrogens is 290 g/mol. The molecule has 23 heavy (non-hydrogen) atoms. The Balaban J connectivity index is 1.30. The number of aromatic nitrogens is 3. The van der Waals surface area contributed by atoms with E-state index in [0.29, 0.717) is 12.1 Å². The monoisotopic (exact) mass is 311 g/mol. The lowest BCUT2D eigenvalue weighted by Crippen LogP contribution is -2.37. The van der Waals surface area contributed by atoms with Crippen LogP contribution in [-0.2, 0) is 19.5 Å². The molecule has 2 aliphatic rings. The molecule has 1 amide bonds. The summed E-state index contributed by atoms with van der Waals surface area (Å²) in [5.74, 6) is 1.12. The van der Waals surface area contributed by atoms with Crippen LogP contribution >= 0.6 is 0 Å². The van der Waals surface area contributed by atoms with Gasteiger partial charge in [0, 0.05) is 30.6 Å². The molecule has 4 rings (SSSR count). The highest BCUT2D eigenvalue weighted by Gasteiger charge is 2.23. The Labute approximate surface area is 135 Å². The van der Waals surface area contributed by atoms with Crippen molar-refractivity contribution in [2.24, 2.45) is 0 Å². The zero-order valence-electron chi connectivity index (χ0n) is 13.0. The number of fused-ring (bicyclic) bond motifs is 1.